The number of imide groups is 2. The number of phenolic OH excluding ortho intramolecular Hbond substituents is 1. The molecule has 9 rings (SSSR count). The van der Waals surface area contributed by atoms with Crippen molar-refractivity contribution in [3.63, 3.8) is 0 Å². The van der Waals surface area contributed by atoms with E-state index in [1.807, 2.05) is 44.2 Å². The summed E-state index contributed by atoms with van der Waals surface area (Å²) in [7, 11) is 1.72. The van der Waals surface area contributed by atoms with Gasteiger partial charge in [0.1, 0.15) is 17.3 Å². The number of rotatable bonds is 5. The van der Waals surface area contributed by atoms with Gasteiger partial charge in [0.25, 0.3) is 0 Å². The van der Waals surface area contributed by atoms with E-state index in [1.54, 1.807) is 72.5 Å². The summed E-state index contributed by atoms with van der Waals surface area (Å²) < 4.78 is 2.61. The minimum atomic E-state index is -1.25. The summed E-state index contributed by atoms with van der Waals surface area (Å²) in [5.74, 6) is -4.40. The van der Waals surface area contributed by atoms with E-state index in [-0.39, 0.29) is 41.6 Å². The van der Waals surface area contributed by atoms with E-state index in [4.69, 9.17) is 16.7 Å². The minimum absolute atomic E-state index is 0.107. The third-order valence-electron chi connectivity index (χ3n) is 12.6. The Balaban J connectivity index is 1.14. The lowest BCUT2D eigenvalue weighted by molar-refractivity contribution is -0.131. The summed E-state index contributed by atoms with van der Waals surface area (Å²) in [6.07, 6.45) is 2.51. The zero-order valence-electron chi connectivity index (χ0n) is 30.8. The van der Waals surface area contributed by atoms with Gasteiger partial charge in [-0.2, -0.15) is 5.10 Å². The number of halogens is 1. The van der Waals surface area contributed by atoms with Crippen LogP contribution >= 0.6 is 22.9 Å². The Labute approximate surface area is 326 Å². The van der Waals surface area contributed by atoms with Gasteiger partial charge in [-0.3, -0.25) is 33.6 Å². The number of thiophene rings is 1. The largest absolute Gasteiger partial charge is 0.508 e. The van der Waals surface area contributed by atoms with Gasteiger partial charge in [0.05, 0.1) is 33.7 Å². The number of aromatic hydroxyl groups is 1. The fourth-order valence-corrected chi connectivity index (χ4v) is 11.1. The Morgan fingerprint density at radius 3 is 2.38 bits per heavy atom. The number of carbonyl (C=O) groups excluding carboxylic acids is 5. The number of hydrogen-bond acceptors (Lipinski definition) is 8. The fraction of sp³-hybridized carbons (Fsp3) is 0.302. The van der Waals surface area contributed by atoms with Gasteiger partial charge in [0, 0.05) is 34.3 Å². The zero-order chi connectivity index (χ0) is 38.8. The highest BCUT2D eigenvalue weighted by atomic mass is 35.5. The highest BCUT2D eigenvalue weighted by Crippen LogP contribution is 2.64. The number of nitrogens with zero attached hydrogens (tertiary/aromatic N) is 4. The van der Waals surface area contributed by atoms with Crippen molar-refractivity contribution in [2.75, 3.05) is 9.80 Å². The van der Waals surface area contributed by atoms with Crippen LogP contribution in [0.2, 0.25) is 5.02 Å². The standard InChI is InChI=1S/C43H37ClN4O6S/c1-20-16-24(8-14-33(20)50)37-27-12-13-28-36(41(53)47(39(28)51)26-10-6-23(7-11-26)22(3)49)30(27)18-31-40(52)48(42(54)43(31,37)4)35-19-32(45-46(35)5)38-21(2)29-17-25(44)9-15-34(29)55-38/h6-12,14-17,19,28,30-31,36-37,50H,13,18H2,1-5H3. The monoisotopic (exact) mass is 772 g/mol. The van der Waals surface area contributed by atoms with Gasteiger partial charge in [-0.05, 0) is 117 Å². The number of carbonyl (C=O) groups is 5. The second kappa shape index (κ2) is 12.3. The van der Waals surface area contributed by atoms with Gasteiger partial charge < -0.3 is 5.11 Å². The molecule has 0 bridgehead atoms. The van der Waals surface area contributed by atoms with E-state index in [2.05, 4.69) is 0 Å². The number of ketones is 1. The molecule has 4 amide bonds. The van der Waals surface area contributed by atoms with Crippen LogP contribution in [-0.2, 0) is 26.2 Å². The van der Waals surface area contributed by atoms with E-state index >= 15 is 4.79 Å². The predicted molar refractivity (Wildman–Crippen MR) is 210 cm³/mol. The summed E-state index contributed by atoms with van der Waals surface area (Å²) >= 11 is 7.88. The molecule has 4 aliphatic rings. The first-order valence-corrected chi connectivity index (χ1v) is 19.5. The van der Waals surface area contributed by atoms with Gasteiger partial charge in [0.2, 0.25) is 23.6 Å². The molecule has 1 N–H and O–H groups in total. The first kappa shape index (κ1) is 35.3. The number of benzene rings is 3. The van der Waals surface area contributed by atoms with Crippen LogP contribution in [0.15, 0.2) is 78.4 Å². The van der Waals surface area contributed by atoms with E-state index in [0.29, 0.717) is 39.8 Å². The van der Waals surface area contributed by atoms with E-state index < -0.39 is 35.0 Å². The molecule has 1 saturated carbocycles. The first-order chi connectivity index (χ1) is 26.2. The molecule has 6 unspecified atom stereocenters. The number of amides is 4. The number of Topliss-reactive ketones (excluding diaryl/α,β-unsaturated/α-hetero) is 1. The first-order valence-electron chi connectivity index (χ1n) is 18.3. The third kappa shape index (κ3) is 4.98. The number of aromatic nitrogens is 2. The smallest absolute Gasteiger partial charge is 0.242 e. The normalized spacial score (nSPS) is 26.1. The molecule has 0 spiro atoms. The Hall–Kier alpha value is -5.39. The van der Waals surface area contributed by atoms with E-state index in [1.165, 1.54) is 16.7 Å². The van der Waals surface area contributed by atoms with Gasteiger partial charge in [0.15, 0.2) is 5.78 Å². The predicted octanol–water partition coefficient (Wildman–Crippen LogP) is 7.92. The molecule has 10 nitrogen and oxygen atoms in total. The Morgan fingerprint density at radius 1 is 0.927 bits per heavy atom. The summed E-state index contributed by atoms with van der Waals surface area (Å²) in [4.78, 5) is 73.8. The molecule has 55 heavy (non-hydrogen) atoms. The Morgan fingerprint density at radius 2 is 1.67 bits per heavy atom. The van der Waals surface area contributed by atoms with Crippen LogP contribution in [0.1, 0.15) is 59.7 Å². The average Bonchev–Trinajstić information content (AvgIpc) is 3.83. The Kier molecular flexibility index (Phi) is 7.91. The number of allylic oxidation sites excluding steroid dienone is 2. The van der Waals surface area contributed by atoms with Gasteiger partial charge in [-0.1, -0.05) is 35.4 Å². The van der Waals surface area contributed by atoms with Gasteiger partial charge in [-0.15, -0.1) is 11.3 Å². The van der Waals surface area contributed by atoms with Crippen molar-refractivity contribution < 1.29 is 29.1 Å². The summed E-state index contributed by atoms with van der Waals surface area (Å²) in [6, 6.07) is 19.2. The summed E-state index contributed by atoms with van der Waals surface area (Å²) in [6.45, 7) is 7.09. The van der Waals surface area contributed by atoms with Crippen LogP contribution in [0, 0.1) is 42.9 Å². The molecule has 0 radical (unpaired) electrons. The van der Waals surface area contributed by atoms with Crippen LogP contribution in [0.4, 0.5) is 11.5 Å². The topological polar surface area (TPSA) is 130 Å². The molecule has 3 aromatic carbocycles. The van der Waals surface area contributed by atoms with Crippen LogP contribution in [0.25, 0.3) is 20.7 Å². The SMILES string of the molecule is CC(=O)c1ccc(N2C(=O)C3CC=C4C(CC5C(=O)N(c6cc(-c7sc8ccc(Cl)cc8c7C)nn6C)C(=O)C5(C)C4c4ccc(O)c(C)c4)C3C2=O)cc1. The highest BCUT2D eigenvalue weighted by molar-refractivity contribution is 7.22. The molecule has 2 aliphatic heterocycles. The lowest BCUT2D eigenvalue weighted by atomic mass is 9.51. The van der Waals surface area contributed by atoms with Crippen molar-refractivity contribution in [2.45, 2.75) is 46.5 Å². The highest BCUT2D eigenvalue weighted by Gasteiger charge is 2.68. The van der Waals surface area contributed by atoms with Gasteiger partial charge >= 0.3 is 0 Å². The molecule has 2 aliphatic carbocycles. The maximum Gasteiger partial charge on any atom is 0.242 e. The summed E-state index contributed by atoms with van der Waals surface area (Å²) in [5.41, 5.74) is 3.46. The van der Waals surface area contributed by atoms with Crippen molar-refractivity contribution in [1.29, 1.82) is 0 Å². The molecular weight excluding hydrogens is 736 g/mol. The average molecular weight is 773 g/mol. The molecule has 12 heteroatoms. The number of anilines is 2. The molecule has 3 fully saturated rings. The van der Waals surface area contributed by atoms with Crippen molar-refractivity contribution in [2.24, 2.45) is 36.1 Å². The van der Waals surface area contributed by atoms with Crippen molar-refractivity contribution in [3.05, 3.63) is 106 Å². The van der Waals surface area contributed by atoms with E-state index in [9.17, 15) is 24.3 Å². The molecule has 2 saturated heterocycles. The Bertz CT molecular complexity index is 2590. The number of aryl methyl sites for hydroxylation is 3. The molecule has 5 aromatic rings. The number of hydrogen-bond donors (Lipinski definition) is 1. The molecule has 278 valence electrons. The molecular formula is C43H37ClN4O6S. The van der Waals surface area contributed by atoms with Crippen molar-refractivity contribution >= 4 is 73.9 Å². The van der Waals surface area contributed by atoms with Crippen LogP contribution in [0.5, 0.6) is 5.75 Å². The third-order valence-corrected chi connectivity index (χ3v) is 14.1. The second-order valence-corrected chi connectivity index (χ2v) is 17.0. The van der Waals surface area contributed by atoms with Crippen LogP contribution in [0.3, 0.4) is 0 Å². The van der Waals surface area contributed by atoms with Crippen LogP contribution < -0.4 is 9.80 Å². The van der Waals surface area contributed by atoms with Crippen molar-refractivity contribution in [1.82, 2.24) is 9.78 Å². The molecule has 2 aromatic heterocycles. The maximum absolute atomic E-state index is 15.1. The van der Waals surface area contributed by atoms with Crippen molar-refractivity contribution in [3.8, 4) is 16.3 Å². The fourth-order valence-electron chi connectivity index (χ4n) is 9.79. The second-order valence-electron chi connectivity index (χ2n) is 15.5. The maximum atomic E-state index is 15.1. The quantitative estimate of drug-likeness (QED) is 0.109. The van der Waals surface area contributed by atoms with Crippen LogP contribution in [-0.4, -0.2) is 44.3 Å². The summed E-state index contributed by atoms with van der Waals surface area (Å²) in [5, 5.41) is 17.0. The molecule has 4 heterocycles. The number of phenols is 1. The number of fused-ring (bicyclic) bond motifs is 5. The zero-order valence-corrected chi connectivity index (χ0v) is 32.4. The van der Waals surface area contributed by atoms with E-state index in [0.717, 1.165) is 31.7 Å². The lowest BCUT2D eigenvalue weighted by Gasteiger charge is -2.49. The lowest BCUT2D eigenvalue weighted by Crippen LogP contribution is -2.49. The minimum Gasteiger partial charge on any atom is -0.508 e. The van der Waals surface area contributed by atoms with Gasteiger partial charge in [-0.25, -0.2) is 4.90 Å². The molecule has 6 atom stereocenters.